The van der Waals surface area contributed by atoms with Gasteiger partial charge in [-0.25, -0.2) is 0 Å². The Kier molecular flexibility index (Phi) is 5.64. The Balaban J connectivity index is 1.80. The van der Waals surface area contributed by atoms with Gasteiger partial charge in [-0.2, -0.15) is 0 Å². The third-order valence-electron chi connectivity index (χ3n) is 5.17. The minimum atomic E-state index is 0.208. The first-order valence-electron chi connectivity index (χ1n) is 9.30. The van der Waals surface area contributed by atoms with Gasteiger partial charge in [-0.1, -0.05) is 72.7 Å². The van der Waals surface area contributed by atoms with Crippen molar-refractivity contribution in [1.29, 1.82) is 0 Å². The molecular weight excluding hydrogens is 314 g/mol. The molecule has 0 N–H and O–H groups in total. The van der Waals surface area contributed by atoms with E-state index in [-0.39, 0.29) is 5.92 Å². The second-order valence-electron chi connectivity index (χ2n) is 7.17. The molecule has 0 aliphatic heterocycles. The van der Waals surface area contributed by atoms with Gasteiger partial charge in [0.1, 0.15) is 0 Å². The molecule has 0 saturated carbocycles. The van der Waals surface area contributed by atoms with Gasteiger partial charge in [-0.15, -0.1) is 6.42 Å². The molecular formula is C25H27N. The summed E-state index contributed by atoms with van der Waals surface area (Å²) < 4.78 is 0. The molecule has 0 heterocycles. The minimum absolute atomic E-state index is 0.208. The van der Waals surface area contributed by atoms with Gasteiger partial charge >= 0.3 is 0 Å². The van der Waals surface area contributed by atoms with Gasteiger partial charge in [-0.05, 0) is 48.4 Å². The first-order chi connectivity index (χ1) is 12.6. The molecule has 2 aromatic rings. The molecule has 0 saturated heterocycles. The van der Waals surface area contributed by atoms with Gasteiger partial charge < -0.3 is 4.90 Å². The maximum atomic E-state index is 5.77. The summed E-state index contributed by atoms with van der Waals surface area (Å²) in [6.45, 7) is 7.15. The van der Waals surface area contributed by atoms with Crippen molar-refractivity contribution in [2.75, 3.05) is 7.05 Å². The molecule has 0 fully saturated rings. The van der Waals surface area contributed by atoms with Crippen molar-refractivity contribution in [2.45, 2.75) is 32.7 Å². The highest BCUT2D eigenvalue weighted by molar-refractivity contribution is 5.63. The Morgan fingerprint density at radius 1 is 1.12 bits per heavy atom. The maximum absolute atomic E-state index is 5.77. The fraction of sp³-hybridized carbons (Fsp3) is 0.280. The molecule has 0 aromatic heterocycles. The summed E-state index contributed by atoms with van der Waals surface area (Å²) in [6, 6.07) is 19.4. The molecule has 1 nitrogen and oxygen atoms in total. The summed E-state index contributed by atoms with van der Waals surface area (Å²) in [5, 5.41) is 0. The van der Waals surface area contributed by atoms with Crippen LogP contribution in [0.5, 0.6) is 0 Å². The molecule has 1 atom stereocenters. The molecule has 1 unspecified atom stereocenters. The van der Waals surface area contributed by atoms with Crippen LogP contribution >= 0.6 is 0 Å². The van der Waals surface area contributed by atoms with Crippen molar-refractivity contribution in [3.63, 3.8) is 0 Å². The van der Waals surface area contributed by atoms with Crippen LogP contribution in [0.15, 0.2) is 78.0 Å². The zero-order chi connectivity index (χ0) is 18.5. The second kappa shape index (κ2) is 8.11. The van der Waals surface area contributed by atoms with Crippen LogP contribution in [0.25, 0.3) is 11.1 Å². The second-order valence-corrected chi connectivity index (χ2v) is 7.17. The highest BCUT2D eigenvalue weighted by Crippen LogP contribution is 2.35. The van der Waals surface area contributed by atoms with E-state index in [0.29, 0.717) is 0 Å². The fourth-order valence-corrected chi connectivity index (χ4v) is 3.86. The normalized spacial score (nSPS) is 16.9. The molecule has 0 bridgehead atoms. The summed E-state index contributed by atoms with van der Waals surface area (Å²) in [5.74, 6) is 3.17. The van der Waals surface area contributed by atoms with E-state index in [9.17, 15) is 0 Å². The number of rotatable bonds is 5. The predicted molar refractivity (Wildman–Crippen MR) is 111 cm³/mol. The van der Waals surface area contributed by atoms with Crippen LogP contribution < -0.4 is 0 Å². The first kappa shape index (κ1) is 18.1. The van der Waals surface area contributed by atoms with E-state index >= 15 is 0 Å². The largest absolute Gasteiger partial charge is 0.373 e. The van der Waals surface area contributed by atoms with Crippen LogP contribution in [-0.2, 0) is 6.54 Å². The lowest BCUT2D eigenvalue weighted by Crippen LogP contribution is -2.24. The zero-order valence-corrected chi connectivity index (χ0v) is 15.8. The Morgan fingerprint density at radius 3 is 2.38 bits per heavy atom. The summed E-state index contributed by atoms with van der Waals surface area (Å²) in [6.07, 6.45) is 9.08. The molecule has 0 radical (unpaired) electrons. The van der Waals surface area contributed by atoms with E-state index in [1.807, 2.05) is 6.07 Å². The lowest BCUT2D eigenvalue weighted by molar-refractivity contribution is 0.365. The molecule has 0 amide bonds. The van der Waals surface area contributed by atoms with Gasteiger partial charge in [0.2, 0.25) is 0 Å². The van der Waals surface area contributed by atoms with Crippen LogP contribution in [0.3, 0.4) is 0 Å². The number of terminal acetylenes is 1. The molecule has 1 aliphatic carbocycles. The van der Waals surface area contributed by atoms with Crippen molar-refractivity contribution in [1.82, 2.24) is 4.90 Å². The number of allylic oxidation sites excluding steroid dienone is 3. The summed E-state index contributed by atoms with van der Waals surface area (Å²) in [5.41, 5.74) is 7.56. The average molecular weight is 341 g/mol. The summed E-state index contributed by atoms with van der Waals surface area (Å²) >= 11 is 0. The fourth-order valence-electron chi connectivity index (χ4n) is 3.86. The minimum Gasteiger partial charge on any atom is -0.373 e. The average Bonchev–Trinajstić information content (AvgIpc) is 2.68. The third kappa shape index (κ3) is 3.92. The highest BCUT2D eigenvalue weighted by Gasteiger charge is 2.24. The van der Waals surface area contributed by atoms with Gasteiger partial charge in [0.05, 0.1) is 0 Å². The lowest BCUT2D eigenvalue weighted by Gasteiger charge is -2.32. The Bertz CT molecular complexity index is 834. The Morgan fingerprint density at radius 2 is 1.77 bits per heavy atom. The van der Waals surface area contributed by atoms with Gasteiger partial charge in [0, 0.05) is 25.2 Å². The van der Waals surface area contributed by atoms with Gasteiger partial charge in [0.25, 0.3) is 0 Å². The van der Waals surface area contributed by atoms with Crippen molar-refractivity contribution in [2.24, 2.45) is 5.92 Å². The predicted octanol–water partition coefficient (Wildman–Crippen LogP) is 6.05. The van der Waals surface area contributed by atoms with E-state index in [4.69, 9.17) is 6.42 Å². The summed E-state index contributed by atoms with van der Waals surface area (Å²) in [4.78, 5) is 2.35. The smallest absolute Gasteiger partial charge is 0.0469 e. The lowest BCUT2D eigenvalue weighted by atomic mass is 9.82. The van der Waals surface area contributed by atoms with E-state index in [2.05, 4.69) is 79.9 Å². The molecule has 1 aliphatic rings. The topological polar surface area (TPSA) is 3.24 Å². The maximum Gasteiger partial charge on any atom is 0.0469 e. The first-order valence-corrected chi connectivity index (χ1v) is 9.30. The molecule has 2 aromatic carbocycles. The third-order valence-corrected chi connectivity index (χ3v) is 5.17. The quantitative estimate of drug-likeness (QED) is 0.598. The van der Waals surface area contributed by atoms with Crippen molar-refractivity contribution in [3.8, 4) is 23.5 Å². The van der Waals surface area contributed by atoms with E-state index < -0.39 is 0 Å². The van der Waals surface area contributed by atoms with Gasteiger partial charge in [-0.3, -0.25) is 0 Å². The van der Waals surface area contributed by atoms with E-state index in [1.54, 1.807) is 0 Å². The SMILES string of the molecule is C#CC1CCCC(N(C)Cc2ccc(-c3ccccc3)cc2)=C1C(=C)C. The Labute approximate surface area is 158 Å². The molecule has 26 heavy (non-hydrogen) atoms. The van der Waals surface area contributed by atoms with Crippen LogP contribution in [0.2, 0.25) is 0 Å². The van der Waals surface area contributed by atoms with Crippen LogP contribution in [0.1, 0.15) is 31.7 Å². The number of hydrogen-bond acceptors (Lipinski definition) is 1. The van der Waals surface area contributed by atoms with E-state index in [1.165, 1.54) is 28.0 Å². The molecule has 0 spiro atoms. The number of nitrogens with zero attached hydrogens (tertiary/aromatic N) is 1. The monoisotopic (exact) mass is 341 g/mol. The van der Waals surface area contributed by atoms with E-state index in [0.717, 1.165) is 31.4 Å². The molecule has 3 rings (SSSR count). The standard InChI is InChI=1S/C25H27N/c1-5-21-12-9-13-24(25(21)19(2)3)26(4)18-20-14-16-23(17-15-20)22-10-7-6-8-11-22/h1,6-8,10-11,14-17,21H,2,9,12-13,18H2,3-4H3. The van der Waals surface area contributed by atoms with Crippen LogP contribution in [-0.4, -0.2) is 11.9 Å². The van der Waals surface area contributed by atoms with Crippen molar-refractivity contribution in [3.05, 3.63) is 83.6 Å². The zero-order valence-electron chi connectivity index (χ0n) is 15.8. The van der Waals surface area contributed by atoms with Gasteiger partial charge in [0.15, 0.2) is 0 Å². The van der Waals surface area contributed by atoms with Crippen LogP contribution in [0.4, 0.5) is 0 Å². The summed E-state index contributed by atoms with van der Waals surface area (Å²) in [7, 11) is 2.17. The number of hydrogen-bond donors (Lipinski definition) is 0. The van der Waals surface area contributed by atoms with Crippen molar-refractivity contribution >= 4 is 0 Å². The highest BCUT2D eigenvalue weighted by atomic mass is 15.1. The Hall–Kier alpha value is -2.72. The van der Waals surface area contributed by atoms with Crippen LogP contribution in [0, 0.1) is 18.3 Å². The molecule has 1 heteroatoms. The molecule has 132 valence electrons. The number of benzene rings is 2. The van der Waals surface area contributed by atoms with Crippen molar-refractivity contribution < 1.29 is 0 Å².